The summed E-state index contributed by atoms with van der Waals surface area (Å²) < 4.78 is 11.2. The Balaban J connectivity index is 0.822. The van der Waals surface area contributed by atoms with E-state index in [9.17, 15) is 19.2 Å². The summed E-state index contributed by atoms with van der Waals surface area (Å²) in [5.74, 6) is 0.172. The second-order valence-corrected chi connectivity index (χ2v) is 18.4. The van der Waals surface area contributed by atoms with Crippen LogP contribution in [0.15, 0.2) is 140 Å². The Kier molecular flexibility index (Phi) is 15.3. The van der Waals surface area contributed by atoms with E-state index in [0.29, 0.717) is 91.6 Å². The Labute approximate surface area is 395 Å². The predicted molar refractivity (Wildman–Crippen MR) is 259 cm³/mol. The number of hydrogen-bond acceptors (Lipinski definition) is 9. The Morgan fingerprint density at radius 2 is 0.821 bits per heavy atom. The third-order valence-corrected chi connectivity index (χ3v) is 14.0. The number of hydrogen-bond donors (Lipinski definition) is 0. The van der Waals surface area contributed by atoms with Crippen LogP contribution in [0.5, 0.6) is 0 Å². The summed E-state index contributed by atoms with van der Waals surface area (Å²) in [5, 5.41) is 0. The molecule has 0 bridgehead atoms. The fourth-order valence-electron chi connectivity index (χ4n) is 10.5. The van der Waals surface area contributed by atoms with Gasteiger partial charge in [0.1, 0.15) is 12.1 Å². The number of ketones is 2. The van der Waals surface area contributed by atoms with Crippen molar-refractivity contribution in [2.45, 2.75) is 75.8 Å². The maximum Gasteiger partial charge on any atom is 0.245 e. The van der Waals surface area contributed by atoms with Crippen LogP contribution in [0.3, 0.4) is 0 Å². The molecule has 4 aliphatic heterocycles. The summed E-state index contributed by atoms with van der Waals surface area (Å²) in [5.41, 5.74) is 7.12. The molecule has 0 radical (unpaired) electrons. The molecule has 4 heterocycles. The van der Waals surface area contributed by atoms with Gasteiger partial charge in [-0.25, -0.2) is 0 Å². The molecule has 4 atom stereocenters. The van der Waals surface area contributed by atoms with Crippen LogP contribution in [0.2, 0.25) is 0 Å². The minimum Gasteiger partial charge on any atom is -0.379 e. The van der Waals surface area contributed by atoms with E-state index in [1.165, 1.54) is 0 Å². The number of likely N-dealkylation sites (tertiary alicyclic amines) is 2. The summed E-state index contributed by atoms with van der Waals surface area (Å²) in [7, 11) is 0. The van der Waals surface area contributed by atoms with Crippen LogP contribution in [0.4, 0.5) is 5.69 Å². The number of carbonyl (C=O) groups is 4. The fraction of sp³-hybridized carbons (Fsp3) is 0.393. The Morgan fingerprint density at radius 3 is 1.21 bits per heavy atom. The van der Waals surface area contributed by atoms with Gasteiger partial charge >= 0.3 is 0 Å². The van der Waals surface area contributed by atoms with Gasteiger partial charge in [-0.3, -0.25) is 29.0 Å². The number of nitrogens with zero attached hydrogens (tertiary/aromatic N) is 5. The van der Waals surface area contributed by atoms with Crippen LogP contribution in [-0.4, -0.2) is 121 Å². The van der Waals surface area contributed by atoms with E-state index in [1.807, 2.05) is 113 Å². The number of carbonyl (C=O) groups excluding carboxylic acids is 4. The lowest BCUT2D eigenvalue weighted by Gasteiger charge is -2.37. The van der Waals surface area contributed by atoms with Gasteiger partial charge in [-0.15, -0.1) is 0 Å². The summed E-state index contributed by atoms with van der Waals surface area (Å²) in [6, 6.07) is 45.1. The highest BCUT2D eigenvalue weighted by Crippen LogP contribution is 2.32. The first-order valence-corrected chi connectivity index (χ1v) is 24.2. The van der Waals surface area contributed by atoms with Crippen molar-refractivity contribution in [3.63, 3.8) is 0 Å². The number of amides is 2. The molecule has 2 amide bonds. The molecule has 11 heteroatoms. The third kappa shape index (κ3) is 11.2. The van der Waals surface area contributed by atoms with Crippen molar-refractivity contribution in [3.05, 3.63) is 173 Å². The third-order valence-electron chi connectivity index (χ3n) is 14.0. The summed E-state index contributed by atoms with van der Waals surface area (Å²) in [6.07, 6.45) is 3.54. The van der Waals surface area contributed by atoms with Crippen LogP contribution >= 0.6 is 0 Å². The minimum absolute atomic E-state index is 0.00431. The average molecular weight is 902 g/mol. The molecule has 67 heavy (non-hydrogen) atoms. The standard InChI is InChI=1S/C56H63N5O6/c62-51(49-18-10-28-60(49)55(64)53(46-12-4-1-5-13-46)57-30-34-66-35-31-57)38-42-20-24-44(25-21-42)40-59(48-16-8-3-9-17-48)41-45-26-22-43(23-27-45)39-52(63)50-19-11-29-61(50)56(65)54(47-14-6-2-7-15-47)58-32-36-67-37-33-58/h1-9,12-17,20-27,49-50,53-54H,10-11,18-19,28-41H2/t49-,50-,53+,54+/m0/s1. The van der Waals surface area contributed by atoms with E-state index in [1.54, 1.807) is 0 Å². The number of ether oxygens (including phenoxy) is 2. The molecule has 348 valence electrons. The van der Waals surface area contributed by atoms with E-state index < -0.39 is 24.2 Å². The van der Waals surface area contributed by atoms with Gasteiger partial charge in [-0.05, 0) is 71.2 Å². The van der Waals surface area contributed by atoms with Crippen LogP contribution < -0.4 is 4.90 Å². The van der Waals surface area contributed by atoms with Crippen molar-refractivity contribution in [1.82, 2.24) is 19.6 Å². The highest BCUT2D eigenvalue weighted by atomic mass is 16.5. The summed E-state index contributed by atoms with van der Waals surface area (Å²) in [6.45, 7) is 7.57. The van der Waals surface area contributed by atoms with E-state index in [-0.39, 0.29) is 36.2 Å². The predicted octanol–water partition coefficient (Wildman–Crippen LogP) is 7.25. The first kappa shape index (κ1) is 46.1. The van der Waals surface area contributed by atoms with E-state index in [2.05, 4.69) is 51.1 Å². The maximum absolute atomic E-state index is 14.3. The second kappa shape index (κ2) is 22.2. The molecule has 0 N–H and O–H groups in total. The molecule has 5 aromatic carbocycles. The molecule has 0 aromatic heterocycles. The number of anilines is 1. The van der Waals surface area contributed by atoms with Crippen molar-refractivity contribution in [1.29, 1.82) is 0 Å². The van der Waals surface area contributed by atoms with Gasteiger partial charge in [-0.1, -0.05) is 127 Å². The van der Waals surface area contributed by atoms with E-state index >= 15 is 0 Å². The van der Waals surface area contributed by atoms with E-state index in [0.717, 1.165) is 51.9 Å². The first-order chi connectivity index (χ1) is 32.9. The van der Waals surface area contributed by atoms with E-state index in [4.69, 9.17) is 9.47 Å². The fourth-order valence-corrected chi connectivity index (χ4v) is 10.5. The molecule has 5 aromatic rings. The van der Waals surface area contributed by atoms with Crippen molar-refractivity contribution in [3.8, 4) is 0 Å². The molecule has 0 saturated carbocycles. The monoisotopic (exact) mass is 901 g/mol. The highest BCUT2D eigenvalue weighted by Gasteiger charge is 2.41. The van der Waals surface area contributed by atoms with Gasteiger partial charge in [0.05, 0.1) is 38.5 Å². The van der Waals surface area contributed by atoms with Gasteiger partial charge in [0.25, 0.3) is 0 Å². The van der Waals surface area contributed by atoms with Gasteiger partial charge in [0, 0.05) is 70.9 Å². The zero-order valence-corrected chi connectivity index (χ0v) is 38.5. The lowest BCUT2D eigenvalue weighted by molar-refractivity contribution is -0.144. The van der Waals surface area contributed by atoms with Crippen LogP contribution in [-0.2, 0) is 54.6 Å². The smallest absolute Gasteiger partial charge is 0.245 e. The molecule has 4 fully saturated rings. The number of Topliss-reactive ketones (excluding diaryl/α,β-unsaturated/α-hetero) is 2. The topological polar surface area (TPSA) is 103 Å². The lowest BCUT2D eigenvalue weighted by Crippen LogP contribution is -2.50. The Hall–Kier alpha value is -5.98. The molecule has 0 aliphatic carbocycles. The van der Waals surface area contributed by atoms with Gasteiger partial charge in [0.2, 0.25) is 11.8 Å². The number of benzene rings is 5. The van der Waals surface area contributed by atoms with Crippen molar-refractivity contribution >= 4 is 29.1 Å². The quantitative estimate of drug-likeness (QED) is 0.0956. The molecular weight excluding hydrogens is 839 g/mol. The summed E-state index contributed by atoms with van der Waals surface area (Å²) in [4.78, 5) is 66.9. The number of rotatable bonds is 17. The Morgan fingerprint density at radius 1 is 0.463 bits per heavy atom. The van der Waals surface area contributed by atoms with Crippen molar-refractivity contribution < 1.29 is 28.7 Å². The number of morpholine rings is 2. The van der Waals surface area contributed by atoms with Crippen LogP contribution in [0, 0.1) is 0 Å². The second-order valence-electron chi connectivity index (χ2n) is 18.4. The maximum atomic E-state index is 14.3. The van der Waals surface area contributed by atoms with Crippen LogP contribution in [0.1, 0.15) is 71.1 Å². The molecule has 11 nitrogen and oxygen atoms in total. The summed E-state index contributed by atoms with van der Waals surface area (Å²) >= 11 is 0. The number of para-hydroxylation sites is 1. The van der Waals surface area contributed by atoms with Gasteiger partial charge in [-0.2, -0.15) is 0 Å². The highest BCUT2D eigenvalue weighted by molar-refractivity contribution is 5.94. The SMILES string of the molecule is O=C(Cc1ccc(CN(Cc2ccc(CC(=O)[C@@H]3CCCN3C(=O)[C@@H](c3ccccc3)N3CCOCC3)cc2)c2ccccc2)cc1)[C@@H]1CCCN1C(=O)[C@@H](c1ccccc1)N1CCOCC1. The zero-order valence-electron chi connectivity index (χ0n) is 38.5. The first-order valence-electron chi connectivity index (χ1n) is 24.2. The van der Waals surface area contributed by atoms with Crippen LogP contribution in [0.25, 0.3) is 0 Å². The van der Waals surface area contributed by atoms with Gasteiger partial charge < -0.3 is 24.2 Å². The molecule has 9 rings (SSSR count). The largest absolute Gasteiger partial charge is 0.379 e. The average Bonchev–Trinajstić information content (AvgIpc) is 4.09. The normalized spacial score (nSPS) is 20.1. The molecular formula is C56H63N5O6. The molecule has 0 spiro atoms. The Bertz CT molecular complexity index is 2250. The van der Waals surface area contributed by atoms with Crippen molar-refractivity contribution in [2.75, 3.05) is 70.6 Å². The zero-order chi connectivity index (χ0) is 46.0. The van der Waals surface area contributed by atoms with Gasteiger partial charge in [0.15, 0.2) is 11.6 Å². The molecule has 0 unspecified atom stereocenters. The lowest BCUT2D eigenvalue weighted by atomic mass is 9.98. The molecule has 4 aliphatic rings. The molecule has 4 saturated heterocycles. The van der Waals surface area contributed by atoms with Crippen molar-refractivity contribution in [2.24, 2.45) is 0 Å². The minimum atomic E-state index is -0.433.